The average Bonchev–Trinajstić information content (AvgIpc) is 2.34. The Labute approximate surface area is 117 Å². The van der Waals surface area contributed by atoms with Crippen LogP contribution in [-0.2, 0) is 0 Å². The highest BCUT2D eigenvalue weighted by molar-refractivity contribution is 5.95. The minimum Gasteiger partial charge on any atom is -0.385 e. The van der Waals surface area contributed by atoms with E-state index >= 15 is 0 Å². The van der Waals surface area contributed by atoms with Crippen LogP contribution in [0.2, 0.25) is 0 Å². The predicted molar refractivity (Wildman–Crippen MR) is 81.8 cm³/mol. The Morgan fingerprint density at radius 1 is 1.37 bits per heavy atom. The summed E-state index contributed by atoms with van der Waals surface area (Å²) in [5, 5.41) is 3.34. The fraction of sp³-hybridized carbons (Fsp3) is 0.562. The molecular weight excluding hydrogens is 236 g/mol. The van der Waals surface area contributed by atoms with E-state index in [4.69, 9.17) is 0 Å². The maximum absolute atomic E-state index is 12.3. The average molecular weight is 262 g/mol. The molecular formula is C16H26N2O. The fourth-order valence-electron chi connectivity index (χ4n) is 2.12. The van der Waals surface area contributed by atoms with Gasteiger partial charge in [-0.05, 0) is 43.0 Å². The van der Waals surface area contributed by atoms with Crippen molar-refractivity contribution in [1.29, 1.82) is 0 Å². The molecule has 0 unspecified atom stereocenters. The van der Waals surface area contributed by atoms with E-state index in [1.165, 1.54) is 0 Å². The molecule has 1 aromatic carbocycles. The van der Waals surface area contributed by atoms with Gasteiger partial charge in [0.1, 0.15) is 0 Å². The molecule has 0 saturated carbocycles. The van der Waals surface area contributed by atoms with Crippen LogP contribution in [0.5, 0.6) is 0 Å². The first kappa shape index (κ1) is 15.5. The minimum atomic E-state index is 0.105. The number of nitrogens with one attached hydrogen (secondary N) is 1. The smallest absolute Gasteiger partial charge is 0.253 e. The van der Waals surface area contributed by atoms with Crippen LogP contribution in [0.3, 0.4) is 0 Å². The molecule has 106 valence electrons. The Balaban J connectivity index is 2.81. The highest BCUT2D eigenvalue weighted by atomic mass is 16.2. The van der Waals surface area contributed by atoms with Gasteiger partial charge in [-0.2, -0.15) is 0 Å². The largest absolute Gasteiger partial charge is 0.385 e. The molecule has 1 rings (SSSR count). The second-order valence-corrected chi connectivity index (χ2v) is 5.54. The van der Waals surface area contributed by atoms with Crippen molar-refractivity contribution in [3.63, 3.8) is 0 Å². The number of aryl methyl sites for hydroxylation is 1. The summed E-state index contributed by atoms with van der Waals surface area (Å²) in [7, 11) is 1.87. The molecule has 0 aliphatic carbocycles. The van der Waals surface area contributed by atoms with Crippen molar-refractivity contribution in [2.75, 3.05) is 25.5 Å². The Kier molecular flexibility index (Phi) is 5.87. The predicted octanol–water partition coefficient (Wildman–Crippen LogP) is 3.54. The topological polar surface area (TPSA) is 32.3 Å². The molecule has 0 fully saturated rings. The van der Waals surface area contributed by atoms with Gasteiger partial charge in [-0.25, -0.2) is 0 Å². The van der Waals surface area contributed by atoms with Gasteiger partial charge in [0.05, 0.1) is 0 Å². The second-order valence-electron chi connectivity index (χ2n) is 5.54. The Morgan fingerprint density at radius 2 is 2.05 bits per heavy atom. The molecule has 19 heavy (non-hydrogen) atoms. The van der Waals surface area contributed by atoms with E-state index in [0.29, 0.717) is 5.92 Å². The number of nitrogens with zero attached hydrogens (tertiary/aromatic N) is 1. The number of amides is 1. The van der Waals surface area contributed by atoms with E-state index in [9.17, 15) is 4.79 Å². The van der Waals surface area contributed by atoms with Crippen LogP contribution in [-0.4, -0.2) is 30.9 Å². The number of hydrogen-bond acceptors (Lipinski definition) is 2. The lowest BCUT2D eigenvalue weighted by Gasteiger charge is -2.20. The van der Waals surface area contributed by atoms with E-state index in [2.05, 4.69) is 26.1 Å². The lowest BCUT2D eigenvalue weighted by molar-refractivity contribution is 0.0778. The van der Waals surface area contributed by atoms with Gasteiger partial charge < -0.3 is 10.2 Å². The summed E-state index contributed by atoms with van der Waals surface area (Å²) in [6, 6.07) is 5.96. The zero-order valence-corrected chi connectivity index (χ0v) is 12.8. The summed E-state index contributed by atoms with van der Waals surface area (Å²) in [6.45, 7) is 10.1. The van der Waals surface area contributed by atoms with Crippen LogP contribution in [0.4, 0.5) is 5.69 Å². The van der Waals surface area contributed by atoms with Gasteiger partial charge in [-0.15, -0.1) is 0 Å². The lowest BCUT2D eigenvalue weighted by atomic mass is 10.1. The second kappa shape index (κ2) is 7.17. The minimum absolute atomic E-state index is 0.105. The molecule has 3 nitrogen and oxygen atoms in total. The normalized spacial score (nSPS) is 10.6. The molecule has 0 aliphatic heterocycles. The van der Waals surface area contributed by atoms with E-state index in [-0.39, 0.29) is 5.91 Å². The van der Waals surface area contributed by atoms with Crippen molar-refractivity contribution in [2.24, 2.45) is 5.92 Å². The molecule has 0 saturated heterocycles. The summed E-state index contributed by atoms with van der Waals surface area (Å²) in [4.78, 5) is 14.1. The van der Waals surface area contributed by atoms with E-state index in [1.807, 2.05) is 32.2 Å². The number of hydrogen-bond donors (Lipinski definition) is 1. The van der Waals surface area contributed by atoms with Crippen LogP contribution in [0.25, 0.3) is 0 Å². The monoisotopic (exact) mass is 262 g/mol. The number of benzene rings is 1. The first-order valence-electron chi connectivity index (χ1n) is 7.05. The molecule has 0 aliphatic rings. The van der Waals surface area contributed by atoms with Crippen LogP contribution < -0.4 is 5.32 Å². The number of carbonyl (C=O) groups excluding carboxylic acids is 1. The highest BCUT2D eigenvalue weighted by Crippen LogP contribution is 2.17. The van der Waals surface area contributed by atoms with Crippen LogP contribution in [0.1, 0.15) is 43.1 Å². The third kappa shape index (κ3) is 4.58. The highest BCUT2D eigenvalue weighted by Gasteiger charge is 2.15. The van der Waals surface area contributed by atoms with Crippen LogP contribution >= 0.6 is 0 Å². The van der Waals surface area contributed by atoms with Crippen molar-refractivity contribution in [1.82, 2.24) is 4.90 Å². The molecule has 0 atom stereocenters. The van der Waals surface area contributed by atoms with Crippen molar-refractivity contribution >= 4 is 11.6 Å². The van der Waals surface area contributed by atoms with Crippen molar-refractivity contribution in [3.8, 4) is 0 Å². The zero-order valence-electron chi connectivity index (χ0n) is 12.8. The number of carbonyl (C=O) groups is 1. The van der Waals surface area contributed by atoms with Crippen molar-refractivity contribution < 1.29 is 4.79 Å². The summed E-state index contributed by atoms with van der Waals surface area (Å²) in [5.41, 5.74) is 2.91. The molecule has 1 aromatic rings. The molecule has 0 spiro atoms. The molecule has 3 heteroatoms. The van der Waals surface area contributed by atoms with Gasteiger partial charge in [0.15, 0.2) is 0 Å². The first-order chi connectivity index (χ1) is 8.95. The molecule has 1 amide bonds. The zero-order chi connectivity index (χ0) is 14.4. The van der Waals surface area contributed by atoms with Gasteiger partial charge in [0, 0.05) is 31.4 Å². The van der Waals surface area contributed by atoms with Crippen LogP contribution in [0, 0.1) is 12.8 Å². The van der Waals surface area contributed by atoms with Crippen LogP contribution in [0.15, 0.2) is 18.2 Å². The summed E-state index contributed by atoms with van der Waals surface area (Å²) in [5.74, 6) is 0.591. The summed E-state index contributed by atoms with van der Waals surface area (Å²) in [6.07, 6.45) is 1.09. The van der Waals surface area contributed by atoms with E-state index in [1.54, 1.807) is 4.90 Å². The quantitative estimate of drug-likeness (QED) is 0.850. The molecule has 0 radical (unpaired) electrons. The fourth-order valence-corrected chi connectivity index (χ4v) is 2.12. The first-order valence-corrected chi connectivity index (χ1v) is 7.05. The van der Waals surface area contributed by atoms with E-state index < -0.39 is 0 Å². The van der Waals surface area contributed by atoms with Gasteiger partial charge in [0.25, 0.3) is 5.91 Å². The SMILES string of the molecule is CCCNc1ccc(C(=O)N(C)CC(C)C)c(C)c1. The summed E-state index contributed by atoms with van der Waals surface area (Å²) < 4.78 is 0. The van der Waals surface area contributed by atoms with Gasteiger partial charge in [-0.3, -0.25) is 4.79 Å². The standard InChI is InChI=1S/C16H26N2O/c1-6-9-17-14-7-8-15(13(4)10-14)16(19)18(5)11-12(2)3/h7-8,10,12,17H,6,9,11H2,1-5H3. The Hall–Kier alpha value is -1.51. The van der Waals surface area contributed by atoms with Crippen molar-refractivity contribution in [2.45, 2.75) is 34.1 Å². The number of anilines is 1. The third-order valence-electron chi connectivity index (χ3n) is 3.02. The maximum Gasteiger partial charge on any atom is 0.253 e. The van der Waals surface area contributed by atoms with Gasteiger partial charge in [0.2, 0.25) is 0 Å². The Bertz CT molecular complexity index is 427. The maximum atomic E-state index is 12.3. The van der Waals surface area contributed by atoms with Crippen molar-refractivity contribution in [3.05, 3.63) is 29.3 Å². The molecule has 1 N–H and O–H groups in total. The van der Waals surface area contributed by atoms with Gasteiger partial charge in [-0.1, -0.05) is 20.8 Å². The number of rotatable bonds is 6. The Morgan fingerprint density at radius 3 is 2.58 bits per heavy atom. The third-order valence-corrected chi connectivity index (χ3v) is 3.02. The lowest BCUT2D eigenvalue weighted by Crippen LogP contribution is -2.30. The molecule has 0 bridgehead atoms. The summed E-state index contributed by atoms with van der Waals surface area (Å²) >= 11 is 0. The van der Waals surface area contributed by atoms with E-state index in [0.717, 1.165) is 36.3 Å². The van der Waals surface area contributed by atoms with Gasteiger partial charge >= 0.3 is 0 Å². The molecule has 0 heterocycles. The molecule has 0 aromatic heterocycles.